The van der Waals surface area contributed by atoms with Gasteiger partial charge in [-0.2, -0.15) is 0 Å². The first-order chi connectivity index (χ1) is 4.81. The van der Waals surface area contributed by atoms with Gasteiger partial charge in [-0.05, 0) is 12.5 Å². The summed E-state index contributed by atoms with van der Waals surface area (Å²) in [5.74, 6) is 0. The lowest BCUT2D eigenvalue weighted by atomic mass is 10.3. The van der Waals surface area contributed by atoms with E-state index in [1.54, 1.807) is 0 Å². The number of hydrogen-bond donors (Lipinski definition) is 0. The second-order valence-electron chi connectivity index (χ2n) is 3.86. The molecule has 11 heavy (non-hydrogen) atoms. The van der Waals surface area contributed by atoms with E-state index in [1.807, 2.05) is 0 Å². The molecule has 0 radical (unpaired) electrons. The fourth-order valence-corrected chi connectivity index (χ4v) is 1.65. The molecule has 3 heteroatoms. The van der Waals surface area contributed by atoms with Gasteiger partial charge in [-0.1, -0.05) is 36.7 Å². The van der Waals surface area contributed by atoms with Crippen LogP contribution >= 0.6 is 26.2 Å². The van der Waals surface area contributed by atoms with Gasteiger partial charge in [0, 0.05) is 10.1 Å². The Kier molecular flexibility index (Phi) is 4.45. The molecular formula is C8H19BrOS. The number of halogens is 1. The molecule has 0 aromatic carbocycles. The molecule has 0 aliphatic carbocycles. The first-order valence-corrected chi connectivity index (χ1v) is 7.24. The first-order valence-electron chi connectivity index (χ1n) is 3.74. The largest absolute Gasteiger partial charge is 0.336 e. The van der Waals surface area contributed by atoms with Gasteiger partial charge < -0.3 is 4.18 Å². The topological polar surface area (TPSA) is 9.23 Å². The molecule has 0 heterocycles. The van der Waals surface area contributed by atoms with Gasteiger partial charge in [-0.25, -0.2) is 0 Å². The van der Waals surface area contributed by atoms with Crippen LogP contribution in [0.5, 0.6) is 0 Å². The molecule has 0 rings (SSSR count). The zero-order valence-electron chi connectivity index (χ0n) is 8.11. The summed E-state index contributed by atoms with van der Waals surface area (Å²) in [6.45, 7) is 7.52. The Bertz CT molecular complexity index is 118. The van der Waals surface area contributed by atoms with E-state index in [-0.39, 0.29) is 4.75 Å². The van der Waals surface area contributed by atoms with E-state index >= 15 is 0 Å². The molecule has 0 saturated heterocycles. The Morgan fingerprint density at radius 2 is 1.73 bits per heavy atom. The van der Waals surface area contributed by atoms with E-state index in [9.17, 15) is 0 Å². The molecule has 0 amide bonds. The van der Waals surface area contributed by atoms with Crippen molar-refractivity contribution in [3.05, 3.63) is 0 Å². The highest BCUT2D eigenvalue weighted by atomic mass is 79.9. The van der Waals surface area contributed by atoms with Crippen LogP contribution in [-0.4, -0.2) is 29.2 Å². The molecule has 0 bridgehead atoms. The van der Waals surface area contributed by atoms with Crippen LogP contribution in [0.4, 0.5) is 0 Å². The molecule has 0 aliphatic heterocycles. The van der Waals surface area contributed by atoms with Crippen LogP contribution < -0.4 is 0 Å². The van der Waals surface area contributed by atoms with Gasteiger partial charge in [-0.3, -0.25) is 0 Å². The molecule has 0 aromatic rings. The van der Waals surface area contributed by atoms with Crippen molar-refractivity contribution in [2.45, 2.75) is 25.5 Å². The van der Waals surface area contributed by atoms with Crippen LogP contribution in [0.1, 0.15) is 20.8 Å². The molecule has 0 unspecified atom stereocenters. The van der Waals surface area contributed by atoms with Crippen LogP contribution in [0, 0.1) is 0 Å². The fraction of sp³-hybridized carbons (Fsp3) is 1.00. The van der Waals surface area contributed by atoms with Gasteiger partial charge in [0.2, 0.25) is 0 Å². The van der Waals surface area contributed by atoms with E-state index < -0.39 is 10.3 Å². The smallest absolute Gasteiger partial charge is 0.0689 e. The lowest BCUT2D eigenvalue weighted by Gasteiger charge is -2.43. The van der Waals surface area contributed by atoms with Crippen molar-refractivity contribution in [3.8, 4) is 0 Å². The molecule has 0 atom stereocenters. The van der Waals surface area contributed by atoms with Gasteiger partial charge in [0.15, 0.2) is 0 Å². The van der Waals surface area contributed by atoms with Crippen molar-refractivity contribution < 1.29 is 4.18 Å². The normalized spacial score (nSPS) is 15.1. The van der Waals surface area contributed by atoms with E-state index in [0.29, 0.717) is 0 Å². The van der Waals surface area contributed by atoms with Gasteiger partial charge in [0.25, 0.3) is 0 Å². The number of rotatable bonds is 3. The minimum absolute atomic E-state index is 0.287. The van der Waals surface area contributed by atoms with Gasteiger partial charge in [0.05, 0.1) is 6.61 Å². The Morgan fingerprint density at radius 3 is 2.00 bits per heavy atom. The summed E-state index contributed by atoms with van der Waals surface area (Å²) in [7, 11) is -0.890. The maximum Gasteiger partial charge on any atom is 0.0689 e. The summed E-state index contributed by atoms with van der Waals surface area (Å²) >= 11 is 3.36. The van der Waals surface area contributed by atoms with Crippen molar-refractivity contribution in [1.29, 1.82) is 0 Å². The maximum atomic E-state index is 5.78. The highest BCUT2D eigenvalue weighted by Crippen LogP contribution is 2.53. The van der Waals surface area contributed by atoms with Crippen molar-refractivity contribution >= 4 is 26.2 Å². The van der Waals surface area contributed by atoms with Gasteiger partial charge in [0.1, 0.15) is 0 Å². The van der Waals surface area contributed by atoms with Crippen molar-refractivity contribution in [1.82, 2.24) is 0 Å². The maximum absolute atomic E-state index is 5.78. The lowest BCUT2D eigenvalue weighted by molar-refractivity contribution is 0.379. The van der Waals surface area contributed by atoms with E-state index in [2.05, 4.69) is 49.2 Å². The third-order valence-corrected chi connectivity index (χ3v) is 5.96. The zero-order valence-corrected chi connectivity index (χ0v) is 10.5. The van der Waals surface area contributed by atoms with Crippen LogP contribution in [0.3, 0.4) is 0 Å². The Hall–Kier alpha value is 0.790. The molecule has 0 aliphatic rings. The summed E-state index contributed by atoms with van der Waals surface area (Å²) in [5, 5.41) is 0.930. The van der Waals surface area contributed by atoms with Crippen LogP contribution in [-0.2, 0) is 4.18 Å². The SMILES string of the molecule is CC(C)(C)S(C)(C)OCCBr. The average Bonchev–Trinajstić information content (AvgIpc) is 1.81. The minimum atomic E-state index is -0.890. The van der Waals surface area contributed by atoms with Crippen LogP contribution in [0.15, 0.2) is 0 Å². The summed E-state index contributed by atoms with van der Waals surface area (Å²) in [6.07, 6.45) is 4.44. The summed E-state index contributed by atoms with van der Waals surface area (Å²) < 4.78 is 6.07. The molecule has 0 N–H and O–H groups in total. The zero-order chi connectivity index (χ0) is 9.12. The molecule has 70 valence electrons. The summed E-state index contributed by atoms with van der Waals surface area (Å²) in [5.41, 5.74) is 0. The Labute approximate surface area is 80.5 Å². The standard InChI is InChI=1S/C8H19BrOS/c1-8(2,3)11(4,5)10-7-6-9/h6-7H2,1-5H3. The fourth-order valence-electron chi connectivity index (χ4n) is 0.417. The molecular weight excluding hydrogens is 224 g/mol. The molecule has 1 nitrogen and oxygen atoms in total. The average molecular weight is 243 g/mol. The van der Waals surface area contributed by atoms with E-state index in [0.717, 1.165) is 11.9 Å². The third-order valence-electron chi connectivity index (χ3n) is 1.93. The first kappa shape index (κ1) is 11.8. The molecule has 0 saturated carbocycles. The second-order valence-corrected chi connectivity index (χ2v) is 8.58. The highest BCUT2D eigenvalue weighted by Gasteiger charge is 2.28. The van der Waals surface area contributed by atoms with Gasteiger partial charge >= 0.3 is 0 Å². The molecule has 0 spiro atoms. The Morgan fingerprint density at radius 1 is 1.27 bits per heavy atom. The summed E-state index contributed by atoms with van der Waals surface area (Å²) in [4.78, 5) is 0. The van der Waals surface area contributed by atoms with Crippen molar-refractivity contribution in [2.24, 2.45) is 0 Å². The monoisotopic (exact) mass is 242 g/mol. The number of hydrogen-bond acceptors (Lipinski definition) is 1. The second kappa shape index (κ2) is 4.15. The van der Waals surface area contributed by atoms with Crippen LogP contribution in [0.2, 0.25) is 0 Å². The van der Waals surface area contributed by atoms with E-state index in [4.69, 9.17) is 4.18 Å². The molecule has 0 fully saturated rings. The van der Waals surface area contributed by atoms with E-state index in [1.165, 1.54) is 0 Å². The Balaban J connectivity index is 4.00. The third kappa shape index (κ3) is 3.81. The molecule has 0 aromatic heterocycles. The summed E-state index contributed by atoms with van der Waals surface area (Å²) in [6, 6.07) is 0. The van der Waals surface area contributed by atoms with Crippen molar-refractivity contribution in [2.75, 3.05) is 24.4 Å². The van der Waals surface area contributed by atoms with Gasteiger partial charge in [-0.15, -0.1) is 10.3 Å². The predicted octanol–water partition coefficient (Wildman–Crippen LogP) is 3.18. The predicted molar refractivity (Wildman–Crippen MR) is 58.9 cm³/mol. The lowest BCUT2D eigenvalue weighted by Crippen LogP contribution is -2.25. The number of alkyl halides is 1. The van der Waals surface area contributed by atoms with Crippen LogP contribution in [0.25, 0.3) is 0 Å². The minimum Gasteiger partial charge on any atom is -0.336 e. The highest BCUT2D eigenvalue weighted by molar-refractivity contribution is 9.09. The quantitative estimate of drug-likeness (QED) is 0.692. The van der Waals surface area contributed by atoms with Crippen molar-refractivity contribution in [3.63, 3.8) is 0 Å².